The van der Waals surface area contributed by atoms with E-state index in [1.54, 1.807) is 0 Å². The SMILES string of the molecule is CC(C)(Sc1c(C#N)c(SC[C@@H](N)C(=O)O)c(SC(C)(C)[C@@H](N)C(=O)O)c(C#N)c1SC[C@@H](N)C(=O)O)[C@@H](N)C(=O)O. The average Bonchev–Trinajstić information content (AvgIpc) is 2.89. The number of hydrogen-bond acceptors (Lipinski definition) is 14. The standard InChI is InChI=1S/C24H32N6O8S4/c1-23(2,17(29)21(35)36)41-15-9(5-25)14(40-8-12(28)20(33)34)16(42-24(3,4)18(30)22(37)38)10(6-26)13(15)39-7-11(27)19(31)32/h11-12,17-18H,7-8,27-30H2,1-4H3,(H,31,32)(H,33,34)(H,35,36)(H,37,38)/t11-,12-,17+,18+/m1/s1. The number of nitriles is 2. The van der Waals surface area contributed by atoms with E-state index >= 15 is 0 Å². The van der Waals surface area contributed by atoms with Crippen LogP contribution in [0.3, 0.4) is 0 Å². The third-order valence-corrected chi connectivity index (χ3v) is 11.2. The Labute approximate surface area is 258 Å². The van der Waals surface area contributed by atoms with E-state index in [-0.39, 0.29) is 42.2 Å². The Morgan fingerprint density at radius 3 is 1.14 bits per heavy atom. The van der Waals surface area contributed by atoms with Crippen LogP contribution in [0.5, 0.6) is 0 Å². The Balaban J connectivity index is 4.22. The Morgan fingerprint density at radius 2 is 0.929 bits per heavy atom. The van der Waals surface area contributed by atoms with Crippen LogP contribution in [0.15, 0.2) is 19.6 Å². The average molecular weight is 661 g/mol. The molecule has 230 valence electrons. The molecule has 1 aromatic carbocycles. The molecule has 0 spiro atoms. The van der Waals surface area contributed by atoms with Gasteiger partial charge in [-0.15, -0.1) is 47.0 Å². The molecule has 0 bridgehead atoms. The fraction of sp³-hybridized carbons (Fsp3) is 0.500. The minimum absolute atomic E-state index is 0.0921. The van der Waals surface area contributed by atoms with Crippen molar-refractivity contribution in [3.05, 3.63) is 11.1 Å². The van der Waals surface area contributed by atoms with Crippen LogP contribution in [-0.2, 0) is 19.2 Å². The molecule has 0 amide bonds. The highest BCUT2D eigenvalue weighted by molar-refractivity contribution is 8.04. The topological polar surface area (TPSA) is 301 Å². The molecule has 0 aromatic heterocycles. The molecule has 0 radical (unpaired) electrons. The van der Waals surface area contributed by atoms with Crippen molar-refractivity contribution in [1.29, 1.82) is 10.5 Å². The van der Waals surface area contributed by atoms with E-state index in [2.05, 4.69) is 0 Å². The smallest absolute Gasteiger partial charge is 0.321 e. The van der Waals surface area contributed by atoms with E-state index in [1.165, 1.54) is 27.7 Å². The van der Waals surface area contributed by atoms with Gasteiger partial charge in [-0.1, -0.05) is 0 Å². The number of nitrogens with zero attached hydrogens (tertiary/aromatic N) is 2. The van der Waals surface area contributed by atoms with Crippen LogP contribution in [0.4, 0.5) is 0 Å². The molecule has 12 N–H and O–H groups in total. The first-order chi connectivity index (χ1) is 19.2. The van der Waals surface area contributed by atoms with Crippen molar-refractivity contribution >= 4 is 70.9 Å². The summed E-state index contributed by atoms with van der Waals surface area (Å²) in [7, 11) is 0. The highest BCUT2D eigenvalue weighted by atomic mass is 32.2. The summed E-state index contributed by atoms with van der Waals surface area (Å²) in [6, 6.07) is -1.58. The summed E-state index contributed by atoms with van der Waals surface area (Å²) in [6.45, 7) is 6.02. The summed E-state index contributed by atoms with van der Waals surface area (Å²) in [4.78, 5) is 46.8. The number of carboxylic acid groups (broad SMARTS) is 4. The summed E-state index contributed by atoms with van der Waals surface area (Å²) in [5.41, 5.74) is 23.1. The van der Waals surface area contributed by atoms with Gasteiger partial charge in [0.05, 0.1) is 11.1 Å². The van der Waals surface area contributed by atoms with Gasteiger partial charge in [0.15, 0.2) is 0 Å². The molecule has 0 heterocycles. The summed E-state index contributed by atoms with van der Waals surface area (Å²) in [5.74, 6) is -5.86. The van der Waals surface area contributed by atoms with E-state index in [9.17, 15) is 50.1 Å². The number of rotatable bonds is 16. The largest absolute Gasteiger partial charge is 0.480 e. The summed E-state index contributed by atoms with van der Waals surface area (Å²) in [5, 5.41) is 58.6. The van der Waals surface area contributed by atoms with Crippen molar-refractivity contribution in [3.8, 4) is 12.1 Å². The van der Waals surface area contributed by atoms with Gasteiger partial charge in [-0.05, 0) is 27.7 Å². The van der Waals surface area contributed by atoms with Gasteiger partial charge in [-0.3, -0.25) is 19.2 Å². The lowest BCUT2D eigenvalue weighted by Gasteiger charge is -2.32. The van der Waals surface area contributed by atoms with Crippen LogP contribution in [-0.4, -0.2) is 89.5 Å². The van der Waals surface area contributed by atoms with Gasteiger partial charge in [0.25, 0.3) is 0 Å². The normalized spacial score (nSPS) is 14.6. The number of carboxylic acids is 4. The molecule has 18 heteroatoms. The predicted octanol–water partition coefficient (Wildman–Crippen LogP) is 1.00. The number of nitrogens with two attached hydrogens (primary N) is 4. The van der Waals surface area contributed by atoms with E-state index in [0.29, 0.717) is 0 Å². The number of benzene rings is 1. The van der Waals surface area contributed by atoms with Gasteiger partial charge in [0, 0.05) is 40.6 Å². The lowest BCUT2D eigenvalue weighted by molar-refractivity contribution is -0.140. The van der Waals surface area contributed by atoms with Crippen LogP contribution in [0, 0.1) is 22.7 Å². The molecule has 0 aliphatic heterocycles. The third kappa shape index (κ3) is 9.16. The second-order valence-corrected chi connectivity index (χ2v) is 15.2. The quantitative estimate of drug-likeness (QED) is 0.115. The molecule has 0 aliphatic carbocycles. The van der Waals surface area contributed by atoms with E-state index < -0.39 is 57.5 Å². The molecule has 0 saturated carbocycles. The summed E-state index contributed by atoms with van der Waals surface area (Å²) >= 11 is 3.41. The first-order valence-corrected chi connectivity index (χ1v) is 15.4. The molecule has 1 aromatic rings. The monoisotopic (exact) mass is 660 g/mol. The Kier molecular flexibility index (Phi) is 13.5. The van der Waals surface area contributed by atoms with Gasteiger partial charge in [-0.25, -0.2) is 0 Å². The van der Waals surface area contributed by atoms with Gasteiger partial charge >= 0.3 is 23.9 Å². The Bertz CT molecular complexity index is 1230. The van der Waals surface area contributed by atoms with Crippen LogP contribution >= 0.6 is 47.0 Å². The minimum atomic E-state index is -1.45. The summed E-state index contributed by atoms with van der Waals surface area (Å²) in [6.07, 6.45) is 0. The Hall–Kier alpha value is -2.68. The maximum absolute atomic E-state index is 11.7. The zero-order valence-electron chi connectivity index (χ0n) is 23.0. The predicted molar refractivity (Wildman–Crippen MR) is 160 cm³/mol. The second-order valence-electron chi connectivity index (χ2n) is 9.84. The zero-order valence-corrected chi connectivity index (χ0v) is 26.2. The molecular weight excluding hydrogens is 629 g/mol. The third-order valence-electron chi connectivity index (χ3n) is 5.75. The van der Waals surface area contributed by atoms with Crippen LogP contribution in [0.25, 0.3) is 0 Å². The van der Waals surface area contributed by atoms with Gasteiger partial charge in [0.2, 0.25) is 0 Å². The number of carbonyl (C=O) groups is 4. The molecule has 0 saturated heterocycles. The van der Waals surface area contributed by atoms with Gasteiger partial charge < -0.3 is 43.4 Å². The second kappa shape index (κ2) is 15.2. The molecule has 0 aliphatic rings. The number of thioether (sulfide) groups is 4. The first kappa shape index (κ1) is 37.3. The molecule has 1 rings (SSSR count). The van der Waals surface area contributed by atoms with Gasteiger partial charge in [0.1, 0.15) is 36.3 Å². The zero-order chi connectivity index (χ0) is 32.7. The molecule has 4 atom stereocenters. The van der Waals surface area contributed by atoms with Crippen molar-refractivity contribution in [2.45, 2.75) is 80.9 Å². The molecule has 0 fully saturated rings. The van der Waals surface area contributed by atoms with Crippen molar-refractivity contribution in [2.75, 3.05) is 11.5 Å². The highest BCUT2D eigenvalue weighted by Gasteiger charge is 2.40. The molecule has 14 nitrogen and oxygen atoms in total. The summed E-state index contributed by atoms with van der Waals surface area (Å²) < 4.78 is -2.57. The maximum Gasteiger partial charge on any atom is 0.321 e. The van der Waals surface area contributed by atoms with Crippen LogP contribution in [0.2, 0.25) is 0 Å². The van der Waals surface area contributed by atoms with Gasteiger partial charge in [-0.2, -0.15) is 10.5 Å². The Morgan fingerprint density at radius 1 is 0.643 bits per heavy atom. The maximum atomic E-state index is 11.7. The fourth-order valence-corrected chi connectivity index (χ4v) is 8.23. The van der Waals surface area contributed by atoms with E-state index in [0.717, 1.165) is 47.0 Å². The first-order valence-electron chi connectivity index (χ1n) is 11.8. The molecular formula is C24H32N6O8S4. The van der Waals surface area contributed by atoms with Crippen molar-refractivity contribution in [1.82, 2.24) is 0 Å². The number of hydrogen-bond donors (Lipinski definition) is 8. The van der Waals surface area contributed by atoms with Crippen LogP contribution in [0.1, 0.15) is 38.8 Å². The number of aliphatic carboxylic acids is 4. The van der Waals surface area contributed by atoms with Crippen molar-refractivity contribution < 1.29 is 39.6 Å². The van der Waals surface area contributed by atoms with Crippen molar-refractivity contribution in [2.24, 2.45) is 22.9 Å². The van der Waals surface area contributed by atoms with E-state index in [1.807, 2.05) is 12.1 Å². The fourth-order valence-electron chi connectivity index (χ4n) is 3.07. The van der Waals surface area contributed by atoms with Crippen LogP contribution < -0.4 is 22.9 Å². The highest BCUT2D eigenvalue weighted by Crippen LogP contribution is 2.52. The lowest BCUT2D eigenvalue weighted by Crippen LogP contribution is -2.47. The molecule has 0 unspecified atom stereocenters. The lowest BCUT2D eigenvalue weighted by atomic mass is 10.1. The molecule has 42 heavy (non-hydrogen) atoms. The van der Waals surface area contributed by atoms with Crippen molar-refractivity contribution in [3.63, 3.8) is 0 Å². The van der Waals surface area contributed by atoms with E-state index in [4.69, 9.17) is 22.9 Å². The minimum Gasteiger partial charge on any atom is -0.480 e.